The van der Waals surface area contributed by atoms with E-state index in [0.717, 1.165) is 22.3 Å². The van der Waals surface area contributed by atoms with Crippen molar-refractivity contribution < 1.29 is 4.79 Å². The molecule has 0 spiro atoms. The van der Waals surface area contributed by atoms with Crippen LogP contribution >= 0.6 is 23.1 Å². The summed E-state index contributed by atoms with van der Waals surface area (Å²) in [4.78, 5) is 16.7. The lowest BCUT2D eigenvalue weighted by molar-refractivity contribution is -0.115. The molecule has 0 aliphatic rings. The molecule has 2 aromatic heterocycles. The maximum absolute atomic E-state index is 12.3. The molecule has 0 aliphatic carbocycles. The molecule has 1 N–H and O–H groups in total. The van der Waals surface area contributed by atoms with E-state index in [1.54, 1.807) is 17.5 Å². The van der Waals surface area contributed by atoms with Crippen molar-refractivity contribution in [3.05, 3.63) is 23.3 Å². The minimum atomic E-state index is -0.198. The van der Waals surface area contributed by atoms with Crippen LogP contribution in [0.3, 0.4) is 0 Å². The Kier molecular flexibility index (Phi) is 5.41. The number of hydrogen-bond donors (Lipinski definition) is 1. The first kappa shape index (κ1) is 16.0. The number of carbonyl (C=O) groups is 1. The number of anilines is 1. The first-order chi connectivity index (χ1) is 10.0. The molecule has 2 rings (SSSR count). The van der Waals surface area contributed by atoms with Gasteiger partial charge in [0.05, 0.1) is 17.5 Å². The number of aryl methyl sites for hydroxylation is 1. The van der Waals surface area contributed by atoms with Crippen molar-refractivity contribution in [2.24, 2.45) is 0 Å². The minimum Gasteiger partial charge on any atom is -0.310 e. The Labute approximate surface area is 133 Å². The Morgan fingerprint density at radius 3 is 2.90 bits per heavy atom. The quantitative estimate of drug-likeness (QED) is 0.822. The first-order valence-corrected chi connectivity index (χ1v) is 8.70. The lowest BCUT2D eigenvalue weighted by Gasteiger charge is -2.15. The van der Waals surface area contributed by atoms with Gasteiger partial charge in [0, 0.05) is 17.1 Å². The van der Waals surface area contributed by atoms with Crippen LogP contribution in [0.1, 0.15) is 38.9 Å². The molecule has 1 amide bonds. The predicted molar refractivity (Wildman–Crippen MR) is 88.0 cm³/mol. The predicted octanol–water partition coefficient (Wildman–Crippen LogP) is 3.74. The largest absolute Gasteiger partial charge is 0.310 e. The summed E-state index contributed by atoms with van der Waals surface area (Å²) < 4.78 is 2.77. The van der Waals surface area contributed by atoms with Gasteiger partial charge in [-0.2, -0.15) is 5.10 Å². The van der Waals surface area contributed by atoms with Crippen LogP contribution in [0.2, 0.25) is 0 Å². The summed E-state index contributed by atoms with van der Waals surface area (Å²) in [6.45, 7) is 8.02. The fraction of sp³-hybridized carbons (Fsp3) is 0.500. The van der Waals surface area contributed by atoms with Gasteiger partial charge < -0.3 is 5.32 Å². The van der Waals surface area contributed by atoms with Gasteiger partial charge in [-0.3, -0.25) is 4.79 Å². The lowest BCUT2D eigenvalue weighted by Crippen LogP contribution is -2.24. The summed E-state index contributed by atoms with van der Waals surface area (Å²) >= 11 is 3.05. The number of amides is 1. The Morgan fingerprint density at radius 1 is 1.52 bits per heavy atom. The number of carbonyl (C=O) groups excluding carboxylic acids is 1. The molecule has 2 heterocycles. The van der Waals surface area contributed by atoms with Crippen molar-refractivity contribution in [2.75, 3.05) is 5.32 Å². The number of rotatable bonds is 6. The van der Waals surface area contributed by atoms with E-state index < -0.39 is 0 Å². The fourth-order valence-electron chi connectivity index (χ4n) is 1.76. The third-order valence-electron chi connectivity index (χ3n) is 3.17. The molecule has 114 valence electrons. The van der Waals surface area contributed by atoms with Crippen LogP contribution < -0.4 is 5.32 Å². The molecule has 2 atom stereocenters. The van der Waals surface area contributed by atoms with Crippen molar-refractivity contribution in [2.45, 2.75) is 49.7 Å². The van der Waals surface area contributed by atoms with Gasteiger partial charge in [-0.15, -0.1) is 11.3 Å². The van der Waals surface area contributed by atoms with E-state index in [2.05, 4.69) is 29.2 Å². The molecular formula is C14H20N4OS2. The molecular weight excluding hydrogens is 304 g/mol. The van der Waals surface area contributed by atoms with E-state index in [1.807, 2.05) is 30.0 Å². The molecule has 21 heavy (non-hydrogen) atoms. The number of hydrogen-bond acceptors (Lipinski definition) is 5. The second-order valence-corrected chi connectivity index (χ2v) is 7.37. The van der Waals surface area contributed by atoms with E-state index in [9.17, 15) is 4.79 Å². The Balaban J connectivity index is 1.99. The van der Waals surface area contributed by atoms with E-state index >= 15 is 0 Å². The standard InChI is InChI=1S/C14H20N4OS2/c1-5-10(3)18-12(6-7-15-18)17-13(19)11(4)21-14-16-9(2)8-20-14/h6-8,10-11H,5H2,1-4H3,(H,17,19)/t10-,11-/m0/s1. The molecule has 0 unspecified atom stereocenters. The summed E-state index contributed by atoms with van der Waals surface area (Å²) in [6.07, 6.45) is 2.68. The van der Waals surface area contributed by atoms with Gasteiger partial charge in [0.25, 0.3) is 0 Å². The molecule has 0 aromatic carbocycles. The molecule has 0 bridgehead atoms. The number of nitrogens with one attached hydrogen (secondary N) is 1. The van der Waals surface area contributed by atoms with E-state index in [0.29, 0.717) is 0 Å². The Bertz CT molecular complexity index is 608. The molecule has 0 saturated heterocycles. The zero-order valence-electron chi connectivity index (χ0n) is 12.7. The van der Waals surface area contributed by atoms with Crippen LogP contribution in [0, 0.1) is 6.92 Å². The average Bonchev–Trinajstić information content (AvgIpc) is 3.07. The van der Waals surface area contributed by atoms with E-state index in [4.69, 9.17) is 0 Å². The van der Waals surface area contributed by atoms with Crippen molar-refractivity contribution in [1.29, 1.82) is 0 Å². The fourth-order valence-corrected chi connectivity index (χ4v) is 3.74. The highest BCUT2D eigenvalue weighted by atomic mass is 32.2. The highest BCUT2D eigenvalue weighted by molar-refractivity contribution is 8.02. The molecule has 2 aromatic rings. The monoisotopic (exact) mass is 324 g/mol. The second-order valence-electron chi connectivity index (χ2n) is 4.92. The smallest absolute Gasteiger partial charge is 0.238 e. The highest BCUT2D eigenvalue weighted by Crippen LogP contribution is 2.27. The van der Waals surface area contributed by atoms with Gasteiger partial charge in [-0.25, -0.2) is 9.67 Å². The number of thiazole rings is 1. The number of aromatic nitrogens is 3. The van der Waals surface area contributed by atoms with Crippen LogP contribution in [0.15, 0.2) is 22.0 Å². The van der Waals surface area contributed by atoms with Crippen molar-refractivity contribution in [3.8, 4) is 0 Å². The van der Waals surface area contributed by atoms with E-state index in [-0.39, 0.29) is 17.2 Å². The Morgan fingerprint density at radius 2 is 2.29 bits per heavy atom. The van der Waals surface area contributed by atoms with Crippen LogP contribution in [0.4, 0.5) is 5.82 Å². The number of thioether (sulfide) groups is 1. The van der Waals surface area contributed by atoms with Crippen LogP contribution in [-0.2, 0) is 4.79 Å². The highest BCUT2D eigenvalue weighted by Gasteiger charge is 2.18. The van der Waals surface area contributed by atoms with E-state index in [1.165, 1.54) is 11.8 Å². The van der Waals surface area contributed by atoms with Crippen molar-refractivity contribution >= 4 is 34.8 Å². The SMILES string of the molecule is CC[C@H](C)n1nccc1NC(=O)[C@H](C)Sc1nc(C)cs1. The summed E-state index contributed by atoms with van der Waals surface area (Å²) in [5, 5.41) is 9.01. The van der Waals surface area contributed by atoms with Gasteiger partial charge in [-0.1, -0.05) is 18.7 Å². The zero-order chi connectivity index (χ0) is 15.4. The normalized spacial score (nSPS) is 13.9. The summed E-state index contributed by atoms with van der Waals surface area (Å²) in [5.74, 6) is 0.718. The molecule has 0 aliphatic heterocycles. The minimum absolute atomic E-state index is 0.0297. The van der Waals surface area contributed by atoms with Crippen molar-refractivity contribution in [1.82, 2.24) is 14.8 Å². The third-order valence-corrected chi connectivity index (χ3v) is 5.36. The topological polar surface area (TPSA) is 59.8 Å². The molecule has 0 saturated carbocycles. The molecule has 0 radical (unpaired) electrons. The summed E-state index contributed by atoms with van der Waals surface area (Å²) in [6, 6.07) is 2.09. The van der Waals surface area contributed by atoms with Crippen molar-refractivity contribution in [3.63, 3.8) is 0 Å². The van der Waals surface area contributed by atoms with Crippen LogP contribution in [0.25, 0.3) is 0 Å². The van der Waals surface area contributed by atoms with Crippen LogP contribution in [0.5, 0.6) is 0 Å². The lowest BCUT2D eigenvalue weighted by atomic mass is 10.3. The van der Waals surface area contributed by atoms with Gasteiger partial charge in [0.1, 0.15) is 5.82 Å². The van der Waals surface area contributed by atoms with Crippen LogP contribution in [-0.4, -0.2) is 25.9 Å². The summed E-state index contributed by atoms with van der Waals surface area (Å²) in [7, 11) is 0. The maximum Gasteiger partial charge on any atom is 0.238 e. The molecule has 7 heteroatoms. The average molecular weight is 324 g/mol. The maximum atomic E-state index is 12.3. The molecule has 5 nitrogen and oxygen atoms in total. The zero-order valence-corrected chi connectivity index (χ0v) is 14.3. The van der Waals surface area contributed by atoms with Gasteiger partial charge >= 0.3 is 0 Å². The Hall–Kier alpha value is -1.34. The molecule has 0 fully saturated rings. The van der Waals surface area contributed by atoms with Gasteiger partial charge in [0.2, 0.25) is 5.91 Å². The third kappa shape index (κ3) is 4.07. The first-order valence-electron chi connectivity index (χ1n) is 6.94. The van der Waals surface area contributed by atoms with Gasteiger partial charge in [-0.05, 0) is 27.2 Å². The second kappa shape index (κ2) is 7.09. The van der Waals surface area contributed by atoms with Gasteiger partial charge in [0.15, 0.2) is 4.34 Å². The summed E-state index contributed by atoms with van der Waals surface area (Å²) in [5.41, 5.74) is 0.991. The number of nitrogens with zero attached hydrogens (tertiary/aromatic N) is 3.